The molecule has 1 rings (SSSR count). The lowest BCUT2D eigenvalue weighted by Gasteiger charge is -2.23. The molecule has 0 N–H and O–H groups in total. The van der Waals surface area contributed by atoms with Crippen molar-refractivity contribution in [2.75, 3.05) is 5.33 Å². The van der Waals surface area contributed by atoms with Crippen LogP contribution < -0.4 is 0 Å². The molecule has 1 heteroatoms. The van der Waals surface area contributed by atoms with Crippen LogP contribution in [0.4, 0.5) is 0 Å². The van der Waals surface area contributed by atoms with E-state index in [2.05, 4.69) is 28.1 Å². The quantitative estimate of drug-likeness (QED) is 0.484. The van der Waals surface area contributed by atoms with Gasteiger partial charge >= 0.3 is 0 Å². The first kappa shape index (κ1) is 8.32. The Kier molecular flexibility index (Phi) is 4.12. The molecule has 0 unspecified atom stereocenters. The van der Waals surface area contributed by atoms with Gasteiger partial charge in [-0.2, -0.15) is 0 Å². The largest absolute Gasteiger partial charge is 0.0925 e. The van der Waals surface area contributed by atoms with Crippen molar-refractivity contribution in [1.29, 1.82) is 0 Å². The normalized spacial score (nSPS) is 19.7. The molecule has 1 fully saturated rings. The number of hydrogen-bond acceptors (Lipinski definition) is 0. The summed E-state index contributed by atoms with van der Waals surface area (Å²) in [6.45, 7) is 0. The second kappa shape index (κ2) is 4.95. The Morgan fingerprint density at radius 1 is 1.30 bits per heavy atom. The van der Waals surface area contributed by atoms with Crippen molar-refractivity contribution in [3.63, 3.8) is 0 Å². The Bertz CT molecular complexity index is 103. The molecule has 0 amide bonds. The van der Waals surface area contributed by atoms with Crippen molar-refractivity contribution in [2.45, 2.75) is 32.1 Å². The van der Waals surface area contributed by atoms with Gasteiger partial charge in [0.2, 0.25) is 0 Å². The van der Waals surface area contributed by atoms with E-state index in [-0.39, 0.29) is 0 Å². The fourth-order valence-electron chi connectivity index (χ4n) is 1.20. The first-order chi connectivity index (χ1) is 4.93. The number of hydrogen-bond donors (Lipinski definition) is 0. The van der Waals surface area contributed by atoms with E-state index < -0.39 is 0 Å². The second-order valence-electron chi connectivity index (χ2n) is 2.98. The van der Waals surface area contributed by atoms with Crippen LogP contribution in [0.2, 0.25) is 0 Å². The maximum Gasteiger partial charge on any atom is 0.00659 e. The molecule has 0 atom stereocenters. The van der Waals surface area contributed by atoms with Gasteiger partial charge in [0, 0.05) is 5.33 Å². The van der Waals surface area contributed by atoms with Gasteiger partial charge in [0.05, 0.1) is 0 Å². The van der Waals surface area contributed by atoms with E-state index in [1.165, 1.54) is 32.1 Å². The van der Waals surface area contributed by atoms with Crippen LogP contribution in [0.5, 0.6) is 0 Å². The van der Waals surface area contributed by atoms with Gasteiger partial charge < -0.3 is 0 Å². The lowest BCUT2D eigenvalue weighted by molar-refractivity contribution is 0.319. The third-order valence-electron chi connectivity index (χ3n) is 2.14. The summed E-state index contributed by atoms with van der Waals surface area (Å²) < 4.78 is 0. The van der Waals surface area contributed by atoms with Crippen molar-refractivity contribution < 1.29 is 0 Å². The molecule has 10 heavy (non-hydrogen) atoms. The Hall–Kier alpha value is 0.220. The summed E-state index contributed by atoms with van der Waals surface area (Å²) in [6.07, 6.45) is 11.5. The third-order valence-corrected chi connectivity index (χ3v) is 2.59. The molecule has 0 heterocycles. The van der Waals surface area contributed by atoms with Crippen LogP contribution in [-0.4, -0.2) is 5.33 Å². The zero-order valence-corrected chi connectivity index (χ0v) is 7.94. The SMILES string of the molecule is BrCCC=CCC1CCC1. The van der Waals surface area contributed by atoms with Gasteiger partial charge in [-0.3, -0.25) is 0 Å². The number of alkyl halides is 1. The summed E-state index contributed by atoms with van der Waals surface area (Å²) in [6, 6.07) is 0. The Morgan fingerprint density at radius 3 is 2.60 bits per heavy atom. The summed E-state index contributed by atoms with van der Waals surface area (Å²) in [5.41, 5.74) is 0. The van der Waals surface area contributed by atoms with Crippen molar-refractivity contribution in [3.05, 3.63) is 12.2 Å². The number of allylic oxidation sites excluding steroid dienone is 2. The van der Waals surface area contributed by atoms with Gasteiger partial charge in [0.25, 0.3) is 0 Å². The molecule has 0 aromatic carbocycles. The van der Waals surface area contributed by atoms with Gasteiger partial charge in [0.1, 0.15) is 0 Å². The van der Waals surface area contributed by atoms with Gasteiger partial charge in [-0.05, 0) is 18.8 Å². The molecule has 0 aromatic rings. The lowest BCUT2D eigenvalue weighted by Crippen LogP contribution is -2.08. The molecule has 0 radical (unpaired) electrons. The van der Waals surface area contributed by atoms with Crippen LogP contribution in [0, 0.1) is 5.92 Å². The molecule has 1 aliphatic carbocycles. The minimum absolute atomic E-state index is 1.03. The molecule has 0 nitrogen and oxygen atoms in total. The van der Waals surface area contributed by atoms with E-state index in [9.17, 15) is 0 Å². The topological polar surface area (TPSA) is 0 Å². The van der Waals surface area contributed by atoms with Gasteiger partial charge in [-0.15, -0.1) is 0 Å². The lowest BCUT2D eigenvalue weighted by atomic mass is 9.83. The van der Waals surface area contributed by atoms with Crippen LogP contribution in [-0.2, 0) is 0 Å². The summed E-state index contributed by atoms with van der Waals surface area (Å²) >= 11 is 3.40. The van der Waals surface area contributed by atoms with Crippen LogP contribution in [0.1, 0.15) is 32.1 Å². The fourth-order valence-corrected chi connectivity index (χ4v) is 1.46. The molecular formula is C9H15Br. The van der Waals surface area contributed by atoms with Crippen molar-refractivity contribution in [1.82, 2.24) is 0 Å². The van der Waals surface area contributed by atoms with Gasteiger partial charge in [0.15, 0.2) is 0 Å². The summed E-state index contributed by atoms with van der Waals surface area (Å²) in [5.74, 6) is 1.03. The van der Waals surface area contributed by atoms with E-state index in [4.69, 9.17) is 0 Å². The van der Waals surface area contributed by atoms with Crippen molar-refractivity contribution in [3.8, 4) is 0 Å². The van der Waals surface area contributed by atoms with Crippen LogP contribution in [0.15, 0.2) is 12.2 Å². The third kappa shape index (κ3) is 2.87. The summed E-state index contributed by atoms with van der Waals surface area (Å²) in [7, 11) is 0. The summed E-state index contributed by atoms with van der Waals surface area (Å²) in [5, 5.41) is 1.11. The number of rotatable bonds is 4. The highest BCUT2D eigenvalue weighted by Crippen LogP contribution is 2.29. The molecule has 1 saturated carbocycles. The molecule has 0 bridgehead atoms. The average molecular weight is 203 g/mol. The van der Waals surface area contributed by atoms with E-state index in [1.807, 2.05) is 0 Å². The molecule has 0 aliphatic heterocycles. The van der Waals surface area contributed by atoms with Gasteiger partial charge in [-0.1, -0.05) is 47.3 Å². The molecular weight excluding hydrogens is 188 g/mol. The monoisotopic (exact) mass is 202 g/mol. The van der Waals surface area contributed by atoms with Crippen LogP contribution in [0.3, 0.4) is 0 Å². The maximum absolute atomic E-state index is 3.40. The summed E-state index contributed by atoms with van der Waals surface area (Å²) in [4.78, 5) is 0. The van der Waals surface area contributed by atoms with Crippen molar-refractivity contribution in [2.24, 2.45) is 5.92 Å². The Morgan fingerprint density at radius 2 is 2.10 bits per heavy atom. The molecule has 1 aliphatic rings. The minimum Gasteiger partial charge on any atom is -0.0925 e. The highest BCUT2D eigenvalue weighted by atomic mass is 79.9. The van der Waals surface area contributed by atoms with Gasteiger partial charge in [-0.25, -0.2) is 0 Å². The maximum atomic E-state index is 3.40. The minimum atomic E-state index is 1.03. The fraction of sp³-hybridized carbons (Fsp3) is 0.778. The molecule has 0 spiro atoms. The van der Waals surface area contributed by atoms with E-state index >= 15 is 0 Å². The zero-order valence-electron chi connectivity index (χ0n) is 6.35. The average Bonchev–Trinajstić information content (AvgIpc) is 1.84. The van der Waals surface area contributed by atoms with E-state index in [0.717, 1.165) is 11.2 Å². The highest BCUT2D eigenvalue weighted by molar-refractivity contribution is 9.09. The zero-order chi connectivity index (χ0) is 7.23. The Labute approximate surface area is 71.8 Å². The first-order valence-electron chi connectivity index (χ1n) is 4.14. The first-order valence-corrected chi connectivity index (χ1v) is 5.26. The second-order valence-corrected chi connectivity index (χ2v) is 3.77. The smallest absolute Gasteiger partial charge is 0.00659 e. The molecule has 0 saturated heterocycles. The van der Waals surface area contributed by atoms with Crippen LogP contribution >= 0.6 is 15.9 Å². The number of halogens is 1. The molecule has 58 valence electrons. The van der Waals surface area contributed by atoms with Crippen molar-refractivity contribution >= 4 is 15.9 Å². The Balaban J connectivity index is 1.92. The standard InChI is InChI=1S/C9H15Br/c10-8-3-1-2-5-9-6-4-7-9/h1-2,9H,3-8H2. The van der Waals surface area contributed by atoms with E-state index in [0.29, 0.717) is 0 Å². The highest BCUT2D eigenvalue weighted by Gasteiger charge is 2.14. The van der Waals surface area contributed by atoms with E-state index in [1.54, 1.807) is 0 Å². The molecule has 0 aromatic heterocycles. The van der Waals surface area contributed by atoms with Crippen LogP contribution in [0.25, 0.3) is 0 Å². The predicted octanol–water partition coefficient (Wildman–Crippen LogP) is 3.52. The predicted molar refractivity (Wildman–Crippen MR) is 49.5 cm³/mol.